The van der Waals surface area contributed by atoms with E-state index in [9.17, 15) is 13.2 Å². The molecule has 0 saturated carbocycles. The van der Waals surface area contributed by atoms with E-state index in [4.69, 9.17) is 16.6 Å². The Kier molecular flexibility index (Phi) is 7.77. The van der Waals surface area contributed by atoms with Crippen molar-refractivity contribution in [1.82, 2.24) is 15.2 Å². The number of carbonyl (C=O) groups is 1. The van der Waals surface area contributed by atoms with Crippen molar-refractivity contribution in [1.29, 1.82) is 0 Å². The fourth-order valence-electron chi connectivity index (χ4n) is 3.97. The van der Waals surface area contributed by atoms with Crippen molar-refractivity contribution < 1.29 is 13.2 Å². The van der Waals surface area contributed by atoms with Crippen molar-refractivity contribution >= 4 is 54.0 Å². The van der Waals surface area contributed by atoms with Gasteiger partial charge in [-0.3, -0.25) is 9.69 Å². The molecule has 1 N–H and O–H groups in total. The number of aromatic nitrogens is 1. The molecule has 0 bridgehead atoms. The first-order valence-corrected chi connectivity index (χ1v) is 14.2. The summed E-state index contributed by atoms with van der Waals surface area (Å²) in [6, 6.07) is 10.3. The van der Waals surface area contributed by atoms with Crippen LogP contribution in [0.25, 0.3) is 10.2 Å². The Balaban J connectivity index is 1.19. The molecule has 1 aliphatic rings. The summed E-state index contributed by atoms with van der Waals surface area (Å²) in [5.74, 6) is -0.475. The lowest BCUT2D eigenvalue weighted by Gasteiger charge is -2.34. The van der Waals surface area contributed by atoms with Crippen LogP contribution in [0.1, 0.15) is 17.5 Å². The van der Waals surface area contributed by atoms with E-state index in [0.717, 1.165) is 43.4 Å². The summed E-state index contributed by atoms with van der Waals surface area (Å²) in [7, 11) is -3.51. The highest BCUT2D eigenvalue weighted by atomic mass is 35.5. The Bertz CT molecular complexity index is 1230. The summed E-state index contributed by atoms with van der Waals surface area (Å²) in [6.45, 7) is 9.05. The molecule has 1 aliphatic heterocycles. The molecule has 0 unspecified atom stereocenters. The van der Waals surface area contributed by atoms with Crippen LogP contribution in [-0.2, 0) is 14.6 Å². The van der Waals surface area contributed by atoms with Crippen molar-refractivity contribution in [3.8, 4) is 0 Å². The summed E-state index contributed by atoms with van der Waals surface area (Å²) in [6.07, 6.45) is -0.0603. The van der Waals surface area contributed by atoms with Crippen LogP contribution in [0.15, 0.2) is 41.3 Å². The van der Waals surface area contributed by atoms with E-state index in [1.54, 1.807) is 11.3 Å². The lowest BCUT2D eigenvalue weighted by Crippen LogP contribution is -2.48. The standard InChI is InChI=1S/C24H29ClN4O3S2/c1-17-3-4-18(2)23-22(17)27-24(33-23)29-14-12-28(13-15-29)11-10-26-21(30)9-16-34(31,32)20-7-5-19(25)6-8-20/h3-8H,9-16H2,1-2H3,(H,26,30). The van der Waals surface area contributed by atoms with Crippen molar-refractivity contribution in [3.63, 3.8) is 0 Å². The second-order valence-electron chi connectivity index (χ2n) is 8.57. The Morgan fingerprint density at radius 3 is 2.41 bits per heavy atom. The second-order valence-corrected chi connectivity index (χ2v) is 12.1. The zero-order valence-corrected chi connectivity index (χ0v) is 21.8. The average molecular weight is 521 g/mol. The van der Waals surface area contributed by atoms with Gasteiger partial charge in [0, 0.05) is 50.7 Å². The molecular weight excluding hydrogens is 492 g/mol. The van der Waals surface area contributed by atoms with Crippen LogP contribution in [0.2, 0.25) is 5.02 Å². The van der Waals surface area contributed by atoms with Crippen LogP contribution < -0.4 is 10.2 Å². The maximum Gasteiger partial charge on any atom is 0.221 e. The van der Waals surface area contributed by atoms with Gasteiger partial charge in [0.25, 0.3) is 0 Å². The summed E-state index contributed by atoms with van der Waals surface area (Å²) >= 11 is 7.57. The van der Waals surface area contributed by atoms with Crippen LogP contribution in [0, 0.1) is 13.8 Å². The van der Waals surface area contributed by atoms with E-state index in [1.807, 2.05) is 0 Å². The predicted octanol–water partition coefficient (Wildman–Crippen LogP) is 3.67. The number of thiazole rings is 1. The Morgan fingerprint density at radius 1 is 1.06 bits per heavy atom. The first kappa shape index (κ1) is 24.9. The minimum absolute atomic E-state index is 0.0603. The van der Waals surface area contributed by atoms with E-state index in [-0.39, 0.29) is 23.0 Å². The monoisotopic (exact) mass is 520 g/mol. The number of benzene rings is 2. The van der Waals surface area contributed by atoms with Crippen molar-refractivity contribution in [2.45, 2.75) is 25.2 Å². The zero-order valence-electron chi connectivity index (χ0n) is 19.4. The van der Waals surface area contributed by atoms with Gasteiger partial charge in [0.15, 0.2) is 15.0 Å². The van der Waals surface area contributed by atoms with Gasteiger partial charge in [0.1, 0.15) is 0 Å². The molecule has 4 rings (SSSR count). The van der Waals surface area contributed by atoms with Crippen LogP contribution in [0.5, 0.6) is 0 Å². The first-order chi connectivity index (χ1) is 16.2. The Labute approximate surface area is 209 Å². The molecule has 0 radical (unpaired) electrons. The number of aryl methyl sites for hydroxylation is 2. The van der Waals surface area contributed by atoms with E-state index < -0.39 is 9.84 Å². The van der Waals surface area contributed by atoms with Gasteiger partial charge < -0.3 is 10.2 Å². The molecule has 1 amide bonds. The highest BCUT2D eigenvalue weighted by molar-refractivity contribution is 7.91. The molecular formula is C24H29ClN4O3S2. The minimum Gasteiger partial charge on any atom is -0.355 e. The lowest BCUT2D eigenvalue weighted by molar-refractivity contribution is -0.120. The molecule has 2 aromatic carbocycles. The number of carbonyl (C=O) groups excluding carboxylic acids is 1. The number of hydrogen-bond acceptors (Lipinski definition) is 7. The molecule has 7 nitrogen and oxygen atoms in total. The smallest absolute Gasteiger partial charge is 0.221 e. The quantitative estimate of drug-likeness (QED) is 0.488. The predicted molar refractivity (Wildman–Crippen MR) is 139 cm³/mol. The highest BCUT2D eigenvalue weighted by Gasteiger charge is 2.21. The SMILES string of the molecule is Cc1ccc(C)c2sc(N3CCN(CCNC(=O)CCS(=O)(=O)c4ccc(Cl)cc4)CC3)nc12. The number of fused-ring (bicyclic) bond motifs is 1. The van der Waals surface area contributed by atoms with Gasteiger partial charge >= 0.3 is 0 Å². The number of anilines is 1. The average Bonchev–Trinajstić information content (AvgIpc) is 3.28. The molecule has 10 heteroatoms. The molecule has 1 fully saturated rings. The van der Waals surface area contributed by atoms with Crippen molar-refractivity contribution in [2.75, 3.05) is 49.9 Å². The molecule has 1 saturated heterocycles. The molecule has 0 spiro atoms. The van der Waals surface area contributed by atoms with Gasteiger partial charge in [-0.05, 0) is 49.2 Å². The summed E-state index contributed by atoms with van der Waals surface area (Å²) in [5, 5.41) is 4.39. The van der Waals surface area contributed by atoms with Crippen molar-refractivity contribution in [3.05, 3.63) is 52.5 Å². The van der Waals surface area contributed by atoms with Gasteiger partial charge in [0.2, 0.25) is 5.91 Å². The summed E-state index contributed by atoms with van der Waals surface area (Å²) in [4.78, 5) is 21.9. The summed E-state index contributed by atoms with van der Waals surface area (Å²) < 4.78 is 26.0. The van der Waals surface area contributed by atoms with Gasteiger partial charge in [-0.15, -0.1) is 0 Å². The van der Waals surface area contributed by atoms with Crippen LogP contribution in [0.3, 0.4) is 0 Å². The second kappa shape index (κ2) is 10.6. The number of amides is 1. The van der Waals surface area contributed by atoms with E-state index >= 15 is 0 Å². The fourth-order valence-corrected chi connectivity index (χ4v) is 6.50. The Hall–Kier alpha value is -2.20. The number of nitrogens with zero attached hydrogens (tertiary/aromatic N) is 3. The largest absolute Gasteiger partial charge is 0.355 e. The molecule has 182 valence electrons. The molecule has 2 heterocycles. The summed E-state index contributed by atoms with van der Waals surface area (Å²) in [5.41, 5.74) is 3.57. The van der Waals surface area contributed by atoms with Crippen LogP contribution in [0.4, 0.5) is 5.13 Å². The lowest BCUT2D eigenvalue weighted by atomic mass is 10.1. The normalized spacial score (nSPS) is 15.1. The number of nitrogens with one attached hydrogen (secondary N) is 1. The van der Waals surface area contributed by atoms with Gasteiger partial charge in [0.05, 0.1) is 20.9 Å². The molecule has 1 aromatic heterocycles. The number of hydrogen-bond donors (Lipinski definition) is 1. The molecule has 34 heavy (non-hydrogen) atoms. The topological polar surface area (TPSA) is 82.6 Å². The van der Waals surface area contributed by atoms with Crippen molar-refractivity contribution in [2.24, 2.45) is 0 Å². The number of piperazine rings is 1. The number of halogens is 1. The maximum absolute atomic E-state index is 12.4. The van der Waals surface area contributed by atoms with Crippen LogP contribution in [-0.4, -0.2) is 69.2 Å². The first-order valence-electron chi connectivity index (χ1n) is 11.3. The third kappa shape index (κ3) is 5.89. The van der Waals surface area contributed by atoms with E-state index in [2.05, 4.69) is 41.1 Å². The number of rotatable bonds is 8. The van der Waals surface area contributed by atoms with Gasteiger partial charge in [-0.1, -0.05) is 35.1 Å². The highest BCUT2D eigenvalue weighted by Crippen LogP contribution is 2.33. The third-order valence-electron chi connectivity index (χ3n) is 6.09. The fraction of sp³-hybridized carbons (Fsp3) is 0.417. The molecule has 0 atom stereocenters. The minimum atomic E-state index is -3.51. The van der Waals surface area contributed by atoms with Crippen LogP contribution >= 0.6 is 22.9 Å². The van der Waals surface area contributed by atoms with E-state index in [1.165, 1.54) is 40.1 Å². The van der Waals surface area contributed by atoms with E-state index in [0.29, 0.717) is 11.6 Å². The van der Waals surface area contributed by atoms with Gasteiger partial charge in [-0.2, -0.15) is 0 Å². The molecule has 0 aliphatic carbocycles. The maximum atomic E-state index is 12.4. The molecule has 3 aromatic rings. The zero-order chi connectivity index (χ0) is 24.3. The Morgan fingerprint density at radius 2 is 1.74 bits per heavy atom. The van der Waals surface area contributed by atoms with Gasteiger partial charge in [-0.25, -0.2) is 13.4 Å². The third-order valence-corrected chi connectivity index (χ3v) is 9.33. The number of sulfone groups is 1.